The van der Waals surface area contributed by atoms with Crippen LogP contribution in [0, 0.1) is 0 Å². The maximum Gasteiger partial charge on any atom is 0.474 e. The van der Waals surface area contributed by atoms with Gasteiger partial charge in [0.15, 0.2) is 24.8 Å². The van der Waals surface area contributed by atoms with Gasteiger partial charge in [-0.3, -0.25) is 18.6 Å². The van der Waals surface area contributed by atoms with Crippen molar-refractivity contribution in [2.24, 2.45) is 11.5 Å². The topological polar surface area (TPSA) is 309 Å². The minimum Gasteiger partial charge on any atom is -0.479 e. The Morgan fingerprint density at radius 2 is 1.54 bits per heavy atom. The molecule has 2 fully saturated rings. The average molecular weight is 768 g/mol. The highest BCUT2D eigenvalue weighted by Gasteiger charge is 2.53. The molecule has 2 amide bonds. The molecule has 12 atom stereocenters. The lowest BCUT2D eigenvalue weighted by Gasteiger charge is -2.47. The number of aliphatic hydroxyl groups excluding tert-OH is 4. The fourth-order valence-electron chi connectivity index (χ4n) is 5.26. The number of hydrogen-bond donors (Lipinski definition) is 9. The Labute approximate surface area is 302 Å². The molecule has 2 rings (SSSR count). The van der Waals surface area contributed by atoms with Crippen LogP contribution in [0.2, 0.25) is 0 Å². The molecule has 19 nitrogen and oxygen atoms in total. The van der Waals surface area contributed by atoms with E-state index >= 15 is 0 Å². The van der Waals surface area contributed by atoms with Gasteiger partial charge in [-0.15, -0.1) is 0 Å². The van der Waals surface area contributed by atoms with Crippen molar-refractivity contribution >= 4 is 25.6 Å². The number of rotatable bonds is 20. The molecule has 2 aliphatic heterocycles. The molecule has 52 heavy (non-hydrogen) atoms. The van der Waals surface area contributed by atoms with E-state index in [1.54, 1.807) is 6.08 Å². The van der Waals surface area contributed by atoms with Gasteiger partial charge in [-0.1, -0.05) is 34.9 Å². The summed E-state index contributed by atoms with van der Waals surface area (Å²) in [5.41, 5.74) is 14.7. The molecular weight excluding hydrogens is 713 g/mol. The number of allylic oxidation sites excluding steroid dienone is 5. The molecule has 20 heteroatoms. The molecule has 0 bridgehead atoms. The first-order valence-corrected chi connectivity index (χ1v) is 18.2. The van der Waals surface area contributed by atoms with E-state index in [1.807, 2.05) is 20.8 Å². The lowest BCUT2D eigenvalue weighted by Crippen LogP contribution is -2.70. The summed E-state index contributed by atoms with van der Waals surface area (Å²) in [6.07, 6.45) is -7.43. The number of nitrogens with two attached hydrogens (primary N) is 2. The molecule has 0 saturated carbocycles. The minimum absolute atomic E-state index is 0.166. The van der Waals surface area contributed by atoms with Crippen LogP contribution < -0.4 is 16.8 Å². The normalized spacial score (nSPS) is 31.7. The Kier molecular flexibility index (Phi) is 18.7. The van der Waals surface area contributed by atoms with Gasteiger partial charge in [0.1, 0.15) is 24.4 Å². The Bertz CT molecular complexity index is 1340. The zero-order valence-corrected chi connectivity index (χ0v) is 30.8. The van der Waals surface area contributed by atoms with Gasteiger partial charge in [0.25, 0.3) is 0 Å². The summed E-state index contributed by atoms with van der Waals surface area (Å²) < 4.78 is 44.8. The number of ether oxygens (including phenoxy) is 4. The van der Waals surface area contributed by atoms with Crippen LogP contribution in [-0.4, -0.2) is 135 Å². The number of carboxylic acid groups (broad SMARTS) is 1. The van der Waals surface area contributed by atoms with Crippen LogP contribution in [0.1, 0.15) is 60.3 Å². The van der Waals surface area contributed by atoms with Crippen LogP contribution in [-0.2, 0) is 46.9 Å². The van der Waals surface area contributed by atoms with Crippen LogP contribution in [0.3, 0.4) is 0 Å². The van der Waals surface area contributed by atoms with Crippen LogP contribution in [0.4, 0.5) is 0 Å². The van der Waals surface area contributed by atoms with Gasteiger partial charge in [0.05, 0.1) is 38.0 Å². The summed E-state index contributed by atoms with van der Waals surface area (Å²) in [6, 6.07) is -2.66. The average Bonchev–Trinajstić information content (AvgIpc) is 3.04. The number of carbonyl (C=O) groups excluding carboxylic acids is 2. The Morgan fingerprint density at radius 3 is 2.10 bits per heavy atom. The molecule has 298 valence electrons. The number of aliphatic hydroxyl groups is 4. The van der Waals surface area contributed by atoms with Gasteiger partial charge in [-0.05, 0) is 53.4 Å². The molecule has 0 aromatic rings. The number of carboxylic acids is 1. The predicted molar refractivity (Wildman–Crippen MR) is 182 cm³/mol. The van der Waals surface area contributed by atoms with Crippen LogP contribution in [0.15, 0.2) is 34.9 Å². The fraction of sp³-hybridized carbons (Fsp3) is 0.719. The number of primary amides is 1. The number of phosphoric ester groups is 1. The third kappa shape index (κ3) is 14.3. The molecule has 0 aromatic heterocycles. The second kappa shape index (κ2) is 21.3. The van der Waals surface area contributed by atoms with E-state index in [0.29, 0.717) is 6.42 Å². The molecule has 2 saturated heterocycles. The van der Waals surface area contributed by atoms with Gasteiger partial charge in [-0.2, -0.15) is 0 Å². The SMILES string of the molecule is CC(=O)NC1[C@H](O[C@@H]2C(OP(=O)(O)OCC(OCC=C(C)CCC=C(C)CCC=C(C)C)C(=O)O)OC(C(N)=O)C(O)[C@@H]2O)OC(CO)[C@@H](O)[C@@H]1N. The quantitative estimate of drug-likeness (QED) is 0.0543. The number of phosphoric acid groups is 1. The van der Waals surface area contributed by atoms with Crippen LogP contribution in [0.5, 0.6) is 0 Å². The predicted octanol–water partition coefficient (Wildman–Crippen LogP) is -0.764. The first kappa shape index (κ1) is 45.5. The Morgan fingerprint density at radius 1 is 0.923 bits per heavy atom. The number of nitrogens with one attached hydrogen (secondary N) is 1. The highest BCUT2D eigenvalue weighted by molar-refractivity contribution is 7.47. The van der Waals surface area contributed by atoms with E-state index in [2.05, 4.69) is 24.4 Å². The molecule has 0 spiro atoms. The van der Waals surface area contributed by atoms with Crippen molar-refractivity contribution in [3.05, 3.63) is 34.9 Å². The lowest BCUT2D eigenvalue weighted by molar-refractivity contribution is -0.332. The van der Waals surface area contributed by atoms with Gasteiger partial charge in [0.2, 0.25) is 11.8 Å². The summed E-state index contributed by atoms with van der Waals surface area (Å²) in [4.78, 5) is 46.2. The smallest absolute Gasteiger partial charge is 0.474 e. The van der Waals surface area contributed by atoms with Crippen molar-refractivity contribution in [2.75, 3.05) is 19.8 Å². The van der Waals surface area contributed by atoms with Gasteiger partial charge < -0.3 is 66.2 Å². The van der Waals surface area contributed by atoms with Gasteiger partial charge in [0, 0.05) is 6.92 Å². The zero-order valence-electron chi connectivity index (χ0n) is 29.9. The molecule has 11 N–H and O–H groups in total. The lowest BCUT2D eigenvalue weighted by atomic mass is 9.94. The molecule has 0 aromatic carbocycles. The van der Waals surface area contributed by atoms with E-state index in [9.17, 15) is 49.4 Å². The van der Waals surface area contributed by atoms with Crippen LogP contribution in [0.25, 0.3) is 0 Å². The van der Waals surface area contributed by atoms with Gasteiger partial charge in [-0.25, -0.2) is 9.36 Å². The van der Waals surface area contributed by atoms with E-state index < -0.39 is 106 Å². The first-order valence-electron chi connectivity index (χ1n) is 16.7. The Hall–Kier alpha value is -2.62. The molecule has 2 aliphatic rings. The monoisotopic (exact) mass is 767 g/mol. The maximum atomic E-state index is 13.0. The summed E-state index contributed by atoms with van der Waals surface area (Å²) >= 11 is 0. The third-order valence-electron chi connectivity index (χ3n) is 8.21. The summed E-state index contributed by atoms with van der Waals surface area (Å²) in [7, 11) is -5.35. The minimum atomic E-state index is -5.35. The zero-order chi connectivity index (χ0) is 39.3. The van der Waals surface area contributed by atoms with E-state index in [0.717, 1.165) is 31.8 Å². The van der Waals surface area contributed by atoms with Crippen molar-refractivity contribution < 1.29 is 77.4 Å². The highest BCUT2D eigenvalue weighted by Crippen LogP contribution is 2.47. The van der Waals surface area contributed by atoms with E-state index in [4.69, 9.17) is 39.5 Å². The number of amides is 2. The number of hydrogen-bond acceptors (Lipinski definition) is 15. The third-order valence-corrected chi connectivity index (χ3v) is 9.16. The second-order valence-corrected chi connectivity index (χ2v) is 14.3. The van der Waals surface area contributed by atoms with Crippen LogP contribution >= 0.6 is 7.82 Å². The van der Waals surface area contributed by atoms with Crippen molar-refractivity contribution in [1.82, 2.24) is 5.32 Å². The standard InChI is InChI=1S/C32H54N3O16P/c1-16(2)8-6-9-17(3)10-7-11-18(4)12-13-46-21(30(42)43)15-47-52(44,45)51-32-28(26(40)25(39)27(49-32)29(34)41)50-31-23(35-19(5)37)22(33)24(38)20(14-36)48-31/h8,10,12,20-28,31-32,36,38-40H,6-7,9,11,13-15,33H2,1-5H3,(H2,34,41)(H,35,37)(H,42,43)(H,44,45)/t20?,21?,22-,23?,24-,25?,26+,27?,28+,31+,32?/m1/s1. The Balaban J connectivity index is 2.13. The summed E-state index contributed by atoms with van der Waals surface area (Å²) in [5.74, 6) is -3.49. The van der Waals surface area contributed by atoms with E-state index in [-0.39, 0.29) is 6.61 Å². The fourth-order valence-corrected chi connectivity index (χ4v) is 6.08. The molecule has 7 unspecified atom stereocenters. The second-order valence-electron chi connectivity index (χ2n) is 12.9. The number of aliphatic carboxylic acids is 1. The largest absolute Gasteiger partial charge is 0.479 e. The first-order chi connectivity index (χ1) is 24.3. The van der Waals surface area contributed by atoms with Crippen molar-refractivity contribution in [3.8, 4) is 0 Å². The van der Waals surface area contributed by atoms with E-state index in [1.165, 1.54) is 11.1 Å². The molecule has 0 aliphatic carbocycles. The van der Waals surface area contributed by atoms with Crippen molar-refractivity contribution in [2.45, 2.75) is 128 Å². The van der Waals surface area contributed by atoms with Crippen molar-refractivity contribution in [1.29, 1.82) is 0 Å². The molecular formula is C32H54N3O16P. The molecule has 0 radical (unpaired) electrons. The highest BCUT2D eigenvalue weighted by atomic mass is 31.2. The number of carbonyl (C=O) groups is 3. The molecule has 2 heterocycles. The van der Waals surface area contributed by atoms with Gasteiger partial charge >= 0.3 is 13.8 Å². The van der Waals surface area contributed by atoms with Crippen molar-refractivity contribution in [3.63, 3.8) is 0 Å². The maximum absolute atomic E-state index is 13.0. The summed E-state index contributed by atoms with van der Waals surface area (Å²) in [6.45, 7) is 7.17. The summed E-state index contributed by atoms with van der Waals surface area (Å²) in [5, 5.41) is 53.5.